The molecule has 1 aliphatic rings. The van der Waals surface area contributed by atoms with Gasteiger partial charge in [0, 0.05) is 6.42 Å². The van der Waals surface area contributed by atoms with Crippen molar-refractivity contribution in [1.29, 1.82) is 0 Å². The molecule has 0 spiro atoms. The van der Waals surface area contributed by atoms with Crippen molar-refractivity contribution < 1.29 is 4.79 Å². The summed E-state index contributed by atoms with van der Waals surface area (Å²) in [5.41, 5.74) is 3.46. The van der Waals surface area contributed by atoms with Crippen molar-refractivity contribution in [1.82, 2.24) is 5.32 Å². The maximum Gasteiger partial charge on any atom is 0.221 e. The summed E-state index contributed by atoms with van der Waals surface area (Å²) in [5, 5.41) is 3.22. The highest BCUT2D eigenvalue weighted by Gasteiger charge is 2.19. The first-order valence-electron chi connectivity index (χ1n) is 8.30. The molecule has 1 amide bonds. The number of amides is 1. The fraction of sp³-hybridized carbons (Fsp3) is 0.286. The zero-order valence-corrected chi connectivity index (χ0v) is 13.5. The first kappa shape index (κ1) is 15.5. The summed E-state index contributed by atoms with van der Waals surface area (Å²) in [6.07, 6.45) is 7.10. The number of carbonyl (C=O) groups is 1. The Balaban J connectivity index is 1.79. The van der Waals surface area contributed by atoms with Gasteiger partial charge in [-0.15, -0.1) is 0 Å². The zero-order chi connectivity index (χ0) is 16.1. The topological polar surface area (TPSA) is 29.1 Å². The number of nitrogens with one attached hydrogen (secondary N) is 1. The van der Waals surface area contributed by atoms with Crippen LogP contribution in [0.15, 0.2) is 66.7 Å². The summed E-state index contributed by atoms with van der Waals surface area (Å²) in [4.78, 5) is 12.5. The van der Waals surface area contributed by atoms with E-state index >= 15 is 0 Å². The van der Waals surface area contributed by atoms with Crippen LogP contribution in [0.4, 0.5) is 0 Å². The molecule has 0 bridgehead atoms. The van der Waals surface area contributed by atoms with Crippen LogP contribution in [-0.2, 0) is 4.79 Å². The average Bonchev–Trinajstić information content (AvgIpc) is 3.07. The van der Waals surface area contributed by atoms with E-state index in [1.165, 1.54) is 5.56 Å². The number of aryl methyl sites for hydroxylation is 1. The predicted octanol–water partition coefficient (Wildman–Crippen LogP) is 4.56. The molecule has 0 saturated carbocycles. The maximum atomic E-state index is 12.5. The molecule has 2 atom stereocenters. The standard InChI is InChI=1S/C21H23NO/c1-16-11-13-19(14-12-16)21(18-9-3-2-4-10-18)22-20(23)15-17-7-5-6-8-17/h2-5,7,9-14,17,21H,6,8,15H2,1H3,(H,22,23). The van der Waals surface area contributed by atoms with Crippen LogP contribution in [0.1, 0.15) is 42.0 Å². The van der Waals surface area contributed by atoms with Crippen molar-refractivity contribution in [3.63, 3.8) is 0 Å². The van der Waals surface area contributed by atoms with Crippen molar-refractivity contribution >= 4 is 5.91 Å². The summed E-state index contributed by atoms with van der Waals surface area (Å²) in [7, 11) is 0. The Bertz CT molecular complexity index is 673. The van der Waals surface area contributed by atoms with Gasteiger partial charge in [0.1, 0.15) is 0 Å². The van der Waals surface area contributed by atoms with E-state index < -0.39 is 0 Å². The highest BCUT2D eigenvalue weighted by molar-refractivity contribution is 5.77. The Kier molecular flexibility index (Phi) is 4.92. The van der Waals surface area contributed by atoms with E-state index in [-0.39, 0.29) is 11.9 Å². The third-order valence-electron chi connectivity index (χ3n) is 4.41. The number of benzene rings is 2. The van der Waals surface area contributed by atoms with Crippen molar-refractivity contribution in [3.8, 4) is 0 Å². The fourth-order valence-corrected chi connectivity index (χ4v) is 3.09. The van der Waals surface area contributed by atoms with Gasteiger partial charge in [-0.25, -0.2) is 0 Å². The summed E-state index contributed by atoms with van der Waals surface area (Å²) < 4.78 is 0. The molecule has 118 valence electrons. The van der Waals surface area contributed by atoms with Crippen molar-refractivity contribution in [3.05, 3.63) is 83.4 Å². The third kappa shape index (κ3) is 4.10. The molecule has 2 aromatic carbocycles. The summed E-state index contributed by atoms with van der Waals surface area (Å²) in [5.74, 6) is 0.514. The lowest BCUT2D eigenvalue weighted by molar-refractivity contribution is -0.122. The largest absolute Gasteiger partial charge is 0.345 e. The molecule has 1 aliphatic carbocycles. The summed E-state index contributed by atoms with van der Waals surface area (Å²) >= 11 is 0. The lowest BCUT2D eigenvalue weighted by atomic mass is 9.97. The zero-order valence-electron chi connectivity index (χ0n) is 13.5. The van der Waals surface area contributed by atoms with E-state index in [2.05, 4.69) is 60.8 Å². The monoisotopic (exact) mass is 305 g/mol. The summed E-state index contributed by atoms with van der Waals surface area (Å²) in [6.45, 7) is 2.08. The van der Waals surface area contributed by atoms with Gasteiger partial charge in [0.15, 0.2) is 0 Å². The molecule has 1 N–H and O–H groups in total. The molecule has 0 heterocycles. The average molecular weight is 305 g/mol. The van der Waals surface area contributed by atoms with Gasteiger partial charge in [-0.1, -0.05) is 72.3 Å². The second-order valence-electron chi connectivity index (χ2n) is 6.29. The highest BCUT2D eigenvalue weighted by Crippen LogP contribution is 2.24. The number of hydrogen-bond donors (Lipinski definition) is 1. The normalized spacial score (nSPS) is 17.9. The lowest BCUT2D eigenvalue weighted by Gasteiger charge is -2.21. The molecule has 3 rings (SSSR count). The van der Waals surface area contributed by atoms with E-state index in [9.17, 15) is 4.79 Å². The minimum Gasteiger partial charge on any atom is -0.345 e. The molecule has 0 aromatic heterocycles. The SMILES string of the molecule is Cc1ccc(C(NC(=O)CC2C=CCC2)c2ccccc2)cc1. The van der Waals surface area contributed by atoms with Crippen LogP contribution in [0.3, 0.4) is 0 Å². The first-order valence-corrected chi connectivity index (χ1v) is 8.30. The molecule has 2 nitrogen and oxygen atoms in total. The molecule has 0 saturated heterocycles. The summed E-state index contributed by atoms with van der Waals surface area (Å²) in [6, 6.07) is 18.5. The van der Waals surface area contributed by atoms with Gasteiger partial charge in [0.2, 0.25) is 5.91 Å². The van der Waals surface area contributed by atoms with Gasteiger partial charge < -0.3 is 5.32 Å². The Morgan fingerprint density at radius 1 is 1.09 bits per heavy atom. The fourth-order valence-electron chi connectivity index (χ4n) is 3.09. The van der Waals surface area contributed by atoms with E-state index in [0.717, 1.165) is 24.0 Å². The van der Waals surface area contributed by atoms with Crippen LogP contribution in [0.2, 0.25) is 0 Å². The van der Waals surface area contributed by atoms with Crippen LogP contribution in [-0.4, -0.2) is 5.91 Å². The Hall–Kier alpha value is -2.35. The molecule has 0 aliphatic heterocycles. The van der Waals surface area contributed by atoms with Gasteiger partial charge in [-0.3, -0.25) is 4.79 Å². The maximum absolute atomic E-state index is 12.5. The van der Waals surface area contributed by atoms with E-state index in [4.69, 9.17) is 0 Å². The molecule has 23 heavy (non-hydrogen) atoms. The first-order chi connectivity index (χ1) is 11.2. The minimum atomic E-state index is -0.0883. The van der Waals surface area contributed by atoms with Crippen LogP contribution in [0, 0.1) is 12.8 Å². The molecular formula is C21H23NO. The molecule has 2 aromatic rings. The van der Waals surface area contributed by atoms with Crippen LogP contribution < -0.4 is 5.32 Å². The Morgan fingerprint density at radius 3 is 2.43 bits per heavy atom. The van der Waals surface area contributed by atoms with Crippen LogP contribution in [0.25, 0.3) is 0 Å². The van der Waals surface area contributed by atoms with E-state index in [1.54, 1.807) is 0 Å². The minimum absolute atomic E-state index is 0.0883. The van der Waals surface area contributed by atoms with Crippen LogP contribution in [0.5, 0.6) is 0 Å². The third-order valence-corrected chi connectivity index (χ3v) is 4.41. The van der Waals surface area contributed by atoms with Crippen molar-refractivity contribution in [2.75, 3.05) is 0 Å². The molecule has 0 fully saturated rings. The number of rotatable bonds is 5. The lowest BCUT2D eigenvalue weighted by Crippen LogP contribution is -2.30. The molecule has 2 unspecified atom stereocenters. The van der Waals surface area contributed by atoms with Crippen LogP contribution >= 0.6 is 0 Å². The molecular weight excluding hydrogens is 282 g/mol. The second kappa shape index (κ2) is 7.28. The van der Waals surface area contributed by atoms with Gasteiger partial charge in [0.05, 0.1) is 6.04 Å². The molecule has 2 heteroatoms. The van der Waals surface area contributed by atoms with E-state index in [1.807, 2.05) is 18.2 Å². The quantitative estimate of drug-likeness (QED) is 0.806. The van der Waals surface area contributed by atoms with Gasteiger partial charge in [0.25, 0.3) is 0 Å². The highest BCUT2D eigenvalue weighted by atomic mass is 16.1. The number of allylic oxidation sites excluding steroid dienone is 2. The van der Waals surface area contributed by atoms with Crippen molar-refractivity contribution in [2.24, 2.45) is 5.92 Å². The molecule has 0 radical (unpaired) electrons. The smallest absolute Gasteiger partial charge is 0.221 e. The van der Waals surface area contributed by atoms with Gasteiger partial charge in [-0.05, 0) is 36.8 Å². The van der Waals surface area contributed by atoms with Crippen molar-refractivity contribution in [2.45, 2.75) is 32.2 Å². The van der Waals surface area contributed by atoms with Gasteiger partial charge >= 0.3 is 0 Å². The van der Waals surface area contributed by atoms with Gasteiger partial charge in [-0.2, -0.15) is 0 Å². The second-order valence-corrected chi connectivity index (χ2v) is 6.29. The Morgan fingerprint density at radius 2 is 1.78 bits per heavy atom. The van der Waals surface area contributed by atoms with E-state index in [0.29, 0.717) is 12.3 Å². The predicted molar refractivity (Wildman–Crippen MR) is 94.1 cm³/mol. The number of carbonyl (C=O) groups excluding carboxylic acids is 1. The Labute approximate surface area is 138 Å². The number of hydrogen-bond acceptors (Lipinski definition) is 1.